The lowest BCUT2D eigenvalue weighted by atomic mass is 10.1. The van der Waals surface area contributed by atoms with Gasteiger partial charge in [-0.15, -0.1) is 0 Å². The molecule has 0 aliphatic carbocycles. The van der Waals surface area contributed by atoms with Crippen LogP contribution in [0.1, 0.15) is 16.9 Å². The standard InChI is InChI=1S/C16H15BrN2O3/c1-10(17)9-14(16(21)22-2)19-15(20)13-8-7-11-5-3-4-6-12(11)18-13/h3-8,14H,1,9H2,2H3,(H,19,20)/t14-/m1/s1. The summed E-state index contributed by atoms with van der Waals surface area (Å²) in [5, 5.41) is 3.56. The molecule has 0 fully saturated rings. The number of fused-ring (bicyclic) bond motifs is 1. The van der Waals surface area contributed by atoms with Gasteiger partial charge in [0.15, 0.2) is 0 Å². The van der Waals surface area contributed by atoms with Crippen molar-refractivity contribution in [3.8, 4) is 0 Å². The van der Waals surface area contributed by atoms with Crippen molar-refractivity contribution in [2.45, 2.75) is 12.5 Å². The van der Waals surface area contributed by atoms with Crippen LogP contribution in [0.15, 0.2) is 47.5 Å². The topological polar surface area (TPSA) is 68.3 Å². The van der Waals surface area contributed by atoms with Crippen molar-refractivity contribution in [2.24, 2.45) is 0 Å². The molecule has 0 saturated carbocycles. The van der Waals surface area contributed by atoms with E-state index in [1.165, 1.54) is 7.11 Å². The molecule has 0 spiro atoms. The molecule has 1 atom stereocenters. The van der Waals surface area contributed by atoms with Gasteiger partial charge in [-0.25, -0.2) is 9.78 Å². The number of esters is 1. The number of ether oxygens (including phenoxy) is 1. The van der Waals surface area contributed by atoms with Gasteiger partial charge >= 0.3 is 5.97 Å². The van der Waals surface area contributed by atoms with Crippen molar-refractivity contribution in [3.05, 3.63) is 53.2 Å². The highest BCUT2D eigenvalue weighted by Gasteiger charge is 2.23. The number of hydrogen-bond donors (Lipinski definition) is 1. The van der Waals surface area contributed by atoms with E-state index in [2.05, 4.69) is 37.5 Å². The second-order valence-corrected chi connectivity index (χ2v) is 5.78. The number of benzene rings is 1. The Kier molecular flexibility index (Phi) is 5.27. The third-order valence-corrected chi connectivity index (χ3v) is 3.37. The average Bonchev–Trinajstić information content (AvgIpc) is 2.52. The largest absolute Gasteiger partial charge is 0.467 e. The van der Waals surface area contributed by atoms with E-state index in [0.29, 0.717) is 4.48 Å². The van der Waals surface area contributed by atoms with Crippen molar-refractivity contribution in [3.63, 3.8) is 0 Å². The zero-order valence-corrected chi connectivity index (χ0v) is 13.6. The minimum Gasteiger partial charge on any atom is -0.467 e. The summed E-state index contributed by atoms with van der Waals surface area (Å²) < 4.78 is 5.28. The summed E-state index contributed by atoms with van der Waals surface area (Å²) >= 11 is 3.18. The first-order valence-corrected chi connectivity index (χ1v) is 7.38. The summed E-state index contributed by atoms with van der Waals surface area (Å²) in [6, 6.07) is 10.1. The number of carbonyl (C=O) groups excluding carboxylic acids is 2. The van der Waals surface area contributed by atoms with Crippen LogP contribution >= 0.6 is 15.9 Å². The molecule has 0 aliphatic rings. The van der Waals surface area contributed by atoms with E-state index in [1.807, 2.05) is 30.3 Å². The van der Waals surface area contributed by atoms with Crippen LogP contribution in [0.2, 0.25) is 0 Å². The summed E-state index contributed by atoms with van der Waals surface area (Å²) in [4.78, 5) is 28.3. The van der Waals surface area contributed by atoms with Crippen LogP contribution in [0.25, 0.3) is 10.9 Å². The number of para-hydroxylation sites is 1. The molecule has 114 valence electrons. The Morgan fingerprint density at radius 3 is 2.73 bits per heavy atom. The monoisotopic (exact) mass is 362 g/mol. The van der Waals surface area contributed by atoms with E-state index in [0.717, 1.165) is 10.9 Å². The van der Waals surface area contributed by atoms with Crippen molar-refractivity contribution in [1.29, 1.82) is 0 Å². The molecular formula is C16H15BrN2O3. The van der Waals surface area contributed by atoms with Gasteiger partial charge in [0.25, 0.3) is 5.91 Å². The van der Waals surface area contributed by atoms with Gasteiger partial charge in [0.1, 0.15) is 11.7 Å². The summed E-state index contributed by atoms with van der Waals surface area (Å²) in [5.41, 5.74) is 0.961. The fraction of sp³-hybridized carbons (Fsp3) is 0.188. The number of carbonyl (C=O) groups is 2. The predicted octanol–water partition coefficient (Wildman–Crippen LogP) is 2.80. The van der Waals surface area contributed by atoms with Crippen LogP contribution in [0.5, 0.6) is 0 Å². The average molecular weight is 363 g/mol. The van der Waals surface area contributed by atoms with E-state index in [-0.39, 0.29) is 12.1 Å². The molecule has 5 nitrogen and oxygen atoms in total. The third kappa shape index (κ3) is 3.92. The number of nitrogens with one attached hydrogen (secondary N) is 1. The summed E-state index contributed by atoms with van der Waals surface area (Å²) in [6.45, 7) is 3.67. The zero-order chi connectivity index (χ0) is 16.1. The molecule has 1 aromatic carbocycles. The Bertz CT molecular complexity index is 730. The first-order valence-electron chi connectivity index (χ1n) is 6.59. The summed E-state index contributed by atoms with van der Waals surface area (Å²) in [6.07, 6.45) is 0.242. The number of pyridine rings is 1. The maximum absolute atomic E-state index is 12.3. The molecule has 1 heterocycles. The van der Waals surface area contributed by atoms with Gasteiger partial charge in [-0.3, -0.25) is 4.79 Å². The first-order chi connectivity index (χ1) is 10.5. The van der Waals surface area contributed by atoms with Gasteiger partial charge in [0.05, 0.1) is 12.6 Å². The van der Waals surface area contributed by atoms with Crippen LogP contribution in [-0.2, 0) is 9.53 Å². The Morgan fingerprint density at radius 2 is 2.05 bits per heavy atom. The molecular weight excluding hydrogens is 348 g/mol. The van der Waals surface area contributed by atoms with E-state index in [9.17, 15) is 9.59 Å². The van der Waals surface area contributed by atoms with Gasteiger partial charge < -0.3 is 10.1 Å². The molecule has 0 saturated heterocycles. The lowest BCUT2D eigenvalue weighted by Crippen LogP contribution is -2.41. The quantitative estimate of drug-likeness (QED) is 0.830. The molecule has 2 aromatic rings. The van der Waals surface area contributed by atoms with Crippen molar-refractivity contribution in [2.75, 3.05) is 7.11 Å². The number of aromatic nitrogens is 1. The van der Waals surface area contributed by atoms with Crippen molar-refractivity contribution >= 4 is 38.7 Å². The minimum atomic E-state index is -0.808. The number of methoxy groups -OCH3 is 1. The summed E-state index contributed by atoms with van der Waals surface area (Å²) in [7, 11) is 1.27. The van der Waals surface area contributed by atoms with Gasteiger partial charge in [-0.1, -0.05) is 46.8 Å². The minimum absolute atomic E-state index is 0.242. The lowest BCUT2D eigenvalue weighted by molar-refractivity contribution is -0.142. The van der Waals surface area contributed by atoms with Crippen LogP contribution < -0.4 is 5.32 Å². The molecule has 0 radical (unpaired) electrons. The first kappa shape index (κ1) is 16.2. The molecule has 0 aliphatic heterocycles. The Balaban J connectivity index is 2.20. The molecule has 0 bridgehead atoms. The molecule has 1 amide bonds. The van der Waals surface area contributed by atoms with Gasteiger partial charge in [0.2, 0.25) is 0 Å². The molecule has 0 unspecified atom stereocenters. The SMILES string of the molecule is C=C(Br)C[C@@H](NC(=O)c1ccc2ccccc2n1)C(=O)OC. The van der Waals surface area contributed by atoms with Crippen LogP contribution in [0.4, 0.5) is 0 Å². The van der Waals surface area contributed by atoms with Crippen molar-refractivity contribution < 1.29 is 14.3 Å². The molecule has 2 rings (SSSR count). The van der Waals surface area contributed by atoms with Crippen LogP contribution in [0.3, 0.4) is 0 Å². The molecule has 1 aromatic heterocycles. The van der Waals surface area contributed by atoms with Crippen LogP contribution in [-0.4, -0.2) is 30.0 Å². The maximum atomic E-state index is 12.3. The highest BCUT2D eigenvalue weighted by Crippen LogP contribution is 2.14. The van der Waals surface area contributed by atoms with E-state index < -0.39 is 17.9 Å². The Labute approximate surface area is 136 Å². The van der Waals surface area contributed by atoms with Crippen LogP contribution in [0, 0.1) is 0 Å². The number of amides is 1. The fourth-order valence-electron chi connectivity index (χ4n) is 1.98. The number of halogens is 1. The highest BCUT2D eigenvalue weighted by molar-refractivity contribution is 9.11. The number of nitrogens with zero attached hydrogens (tertiary/aromatic N) is 1. The zero-order valence-electron chi connectivity index (χ0n) is 12.0. The van der Waals surface area contributed by atoms with Gasteiger partial charge in [-0.05, 0) is 16.6 Å². The second kappa shape index (κ2) is 7.17. The number of rotatable bonds is 5. The Hall–Kier alpha value is -2.21. The Morgan fingerprint density at radius 1 is 1.32 bits per heavy atom. The van der Waals surface area contributed by atoms with E-state index >= 15 is 0 Å². The highest BCUT2D eigenvalue weighted by atomic mass is 79.9. The fourth-order valence-corrected chi connectivity index (χ4v) is 2.31. The maximum Gasteiger partial charge on any atom is 0.328 e. The van der Waals surface area contributed by atoms with E-state index in [1.54, 1.807) is 6.07 Å². The second-order valence-electron chi connectivity index (χ2n) is 4.66. The van der Waals surface area contributed by atoms with Gasteiger partial charge in [0, 0.05) is 11.8 Å². The smallest absolute Gasteiger partial charge is 0.328 e. The molecule has 1 N–H and O–H groups in total. The number of hydrogen-bond acceptors (Lipinski definition) is 4. The molecule has 22 heavy (non-hydrogen) atoms. The normalized spacial score (nSPS) is 11.7. The van der Waals surface area contributed by atoms with Gasteiger partial charge in [-0.2, -0.15) is 0 Å². The lowest BCUT2D eigenvalue weighted by Gasteiger charge is -2.15. The predicted molar refractivity (Wildman–Crippen MR) is 87.7 cm³/mol. The third-order valence-electron chi connectivity index (χ3n) is 3.05. The van der Waals surface area contributed by atoms with E-state index in [4.69, 9.17) is 0 Å². The van der Waals surface area contributed by atoms with Crippen molar-refractivity contribution in [1.82, 2.24) is 10.3 Å². The summed E-state index contributed by atoms with van der Waals surface area (Å²) in [5.74, 6) is -0.968. The molecule has 6 heteroatoms.